The number of rotatable bonds is 18. The number of aliphatic hydroxyl groups excluding tert-OH is 3. The molecule has 0 bridgehead atoms. The summed E-state index contributed by atoms with van der Waals surface area (Å²) in [5.41, 5.74) is 5.65. The van der Waals surface area contributed by atoms with Crippen molar-refractivity contribution in [2.45, 2.75) is 124 Å². The number of hydrogen-bond acceptors (Lipinski definition) is 7. The Bertz CT molecular complexity index is 874. The van der Waals surface area contributed by atoms with Gasteiger partial charge >= 0.3 is 7.82 Å². The van der Waals surface area contributed by atoms with Crippen LogP contribution in [0.4, 0.5) is 0 Å². The smallest absolute Gasteiger partial charge is 0.388 e. The first-order valence-electron chi connectivity index (χ1n) is 14.2. The maximum atomic E-state index is 12.2. The predicted octanol–water partition coefficient (Wildman–Crippen LogP) is 6.51. The van der Waals surface area contributed by atoms with Crippen LogP contribution in [0.1, 0.15) is 99.3 Å². The fraction of sp³-hybridized carbons (Fsp3) is 0.733. The molecule has 1 aliphatic heterocycles. The van der Waals surface area contributed by atoms with Crippen molar-refractivity contribution >= 4 is 7.82 Å². The van der Waals surface area contributed by atoms with Crippen molar-refractivity contribution in [1.82, 2.24) is 0 Å². The van der Waals surface area contributed by atoms with E-state index in [9.17, 15) is 24.8 Å². The molecule has 0 spiro atoms. The van der Waals surface area contributed by atoms with Gasteiger partial charge in [0.15, 0.2) is 6.29 Å². The minimum atomic E-state index is -4.48. The molecule has 1 saturated heterocycles. The van der Waals surface area contributed by atoms with Crippen LogP contribution in [0.5, 0.6) is 0 Å². The maximum Gasteiger partial charge on any atom is 0.474 e. The van der Waals surface area contributed by atoms with E-state index in [0.29, 0.717) is 6.42 Å². The Morgan fingerprint density at radius 3 is 1.90 bits per heavy atom. The molecule has 0 aromatic rings. The summed E-state index contributed by atoms with van der Waals surface area (Å²) in [4.78, 5) is 9.90. The molecule has 226 valence electrons. The first kappa shape index (κ1) is 35.9. The number of aliphatic hydroxyl groups is 3. The van der Waals surface area contributed by atoms with E-state index in [-0.39, 0.29) is 19.1 Å². The summed E-state index contributed by atoms with van der Waals surface area (Å²) in [5, 5.41) is 28.9. The number of phosphoric ester groups is 1. The van der Waals surface area contributed by atoms with Crippen molar-refractivity contribution in [3.8, 4) is 0 Å². The molecule has 1 fully saturated rings. The number of hydrogen-bond donors (Lipinski definition) is 4. The van der Waals surface area contributed by atoms with Gasteiger partial charge < -0.3 is 24.9 Å². The highest BCUT2D eigenvalue weighted by atomic mass is 31.2. The fourth-order valence-electron chi connectivity index (χ4n) is 4.15. The Hall–Kier alpha value is -1.09. The molecule has 1 aliphatic rings. The summed E-state index contributed by atoms with van der Waals surface area (Å²) in [7, 11) is -4.48. The van der Waals surface area contributed by atoms with Gasteiger partial charge in [-0.1, -0.05) is 53.5 Å². The normalized spacial score (nSPS) is 25.3. The lowest BCUT2D eigenvalue weighted by atomic mass is 10.0. The lowest BCUT2D eigenvalue weighted by Gasteiger charge is -2.35. The van der Waals surface area contributed by atoms with Crippen LogP contribution in [0.2, 0.25) is 0 Å². The molecule has 0 radical (unpaired) electrons. The largest absolute Gasteiger partial charge is 0.474 e. The summed E-state index contributed by atoms with van der Waals surface area (Å²) < 4.78 is 27.0. The zero-order valence-corrected chi connectivity index (χ0v) is 25.7. The van der Waals surface area contributed by atoms with Crippen LogP contribution in [-0.2, 0) is 18.3 Å². The standard InChI is InChI=1S/C30H53O8P/c1-22(2)11-7-12-23(3)13-8-14-24(4)15-9-16-25(5)17-10-18-26(6)19-20-37-39(34,35)38-30-29(33)28(32)27(31)21-36-30/h11,13,15,17,26-33H,7-10,12,14,16,18-21H2,1-6H3,(H,34,35)/b23-13+,24-15+,25-17-/t26?,27-,28+,29?,30+/m1/s1. The van der Waals surface area contributed by atoms with E-state index in [0.717, 1.165) is 51.4 Å². The molecule has 0 saturated carbocycles. The summed E-state index contributed by atoms with van der Waals surface area (Å²) in [5.74, 6) is 0.281. The van der Waals surface area contributed by atoms with Crippen molar-refractivity contribution in [2.24, 2.45) is 5.92 Å². The van der Waals surface area contributed by atoms with Gasteiger partial charge in [0.05, 0.1) is 13.2 Å². The molecule has 39 heavy (non-hydrogen) atoms. The lowest BCUT2D eigenvalue weighted by Crippen LogP contribution is -2.53. The Kier molecular flexibility index (Phi) is 17.6. The van der Waals surface area contributed by atoms with Gasteiger partial charge in [-0.25, -0.2) is 4.57 Å². The van der Waals surface area contributed by atoms with Crippen LogP contribution in [0.15, 0.2) is 46.6 Å². The van der Waals surface area contributed by atoms with Crippen LogP contribution in [0, 0.1) is 5.92 Å². The quantitative estimate of drug-likeness (QED) is 0.108. The number of ether oxygens (including phenoxy) is 1. The monoisotopic (exact) mass is 572 g/mol. The summed E-state index contributed by atoms with van der Waals surface area (Å²) >= 11 is 0. The SMILES string of the molecule is CC(C)=CCC/C(C)=C/CC/C(C)=C/CC/C(C)=C\CCC(C)CCOP(=O)(O)O[C@@H]1OC[C@@H](O)[C@H](O)C1O. The molecule has 8 nitrogen and oxygen atoms in total. The average Bonchev–Trinajstić information content (AvgIpc) is 2.84. The van der Waals surface area contributed by atoms with Gasteiger partial charge in [0.25, 0.3) is 0 Å². The van der Waals surface area contributed by atoms with Crippen LogP contribution in [0.3, 0.4) is 0 Å². The topological polar surface area (TPSA) is 126 Å². The Labute approximate surface area is 236 Å². The first-order chi connectivity index (χ1) is 18.3. The van der Waals surface area contributed by atoms with Gasteiger partial charge in [-0.2, -0.15) is 0 Å². The molecule has 0 aromatic carbocycles. The highest BCUT2D eigenvalue weighted by molar-refractivity contribution is 7.47. The zero-order valence-electron chi connectivity index (χ0n) is 24.8. The third kappa shape index (κ3) is 16.7. The van der Waals surface area contributed by atoms with Crippen LogP contribution in [0.25, 0.3) is 0 Å². The Balaban J connectivity index is 2.23. The van der Waals surface area contributed by atoms with Gasteiger partial charge in [0.1, 0.15) is 18.3 Å². The minimum Gasteiger partial charge on any atom is -0.388 e. The Morgan fingerprint density at radius 2 is 1.36 bits per heavy atom. The van der Waals surface area contributed by atoms with Gasteiger partial charge in [-0.15, -0.1) is 0 Å². The first-order valence-corrected chi connectivity index (χ1v) is 15.7. The summed E-state index contributed by atoms with van der Waals surface area (Å²) in [6, 6.07) is 0. The third-order valence-electron chi connectivity index (χ3n) is 6.86. The highest BCUT2D eigenvalue weighted by Gasteiger charge is 2.42. The molecule has 1 heterocycles. The van der Waals surface area contributed by atoms with E-state index in [1.165, 1.54) is 22.3 Å². The van der Waals surface area contributed by atoms with Gasteiger partial charge in [-0.3, -0.25) is 9.05 Å². The number of allylic oxidation sites excluding steroid dienone is 8. The Morgan fingerprint density at radius 1 is 0.846 bits per heavy atom. The lowest BCUT2D eigenvalue weighted by molar-refractivity contribution is -0.246. The molecule has 4 N–H and O–H groups in total. The molecule has 0 aromatic heterocycles. The molecule has 6 atom stereocenters. The van der Waals surface area contributed by atoms with Crippen molar-refractivity contribution < 1.29 is 38.6 Å². The predicted molar refractivity (Wildman–Crippen MR) is 156 cm³/mol. The van der Waals surface area contributed by atoms with Crippen molar-refractivity contribution in [2.75, 3.05) is 13.2 Å². The van der Waals surface area contributed by atoms with Gasteiger partial charge in [0.2, 0.25) is 0 Å². The number of phosphoric acid groups is 1. The molecule has 3 unspecified atom stereocenters. The summed E-state index contributed by atoms with van der Waals surface area (Å²) in [6.45, 7) is 12.6. The van der Waals surface area contributed by atoms with Crippen molar-refractivity contribution in [3.63, 3.8) is 0 Å². The van der Waals surface area contributed by atoms with E-state index in [2.05, 4.69) is 65.8 Å². The maximum absolute atomic E-state index is 12.2. The molecule has 1 rings (SSSR count). The van der Waals surface area contributed by atoms with E-state index in [1.807, 2.05) is 0 Å². The average molecular weight is 573 g/mol. The van der Waals surface area contributed by atoms with Gasteiger partial charge in [0, 0.05) is 0 Å². The van der Waals surface area contributed by atoms with Crippen LogP contribution >= 0.6 is 7.82 Å². The zero-order chi connectivity index (χ0) is 29.4. The highest BCUT2D eigenvalue weighted by Crippen LogP contribution is 2.46. The van der Waals surface area contributed by atoms with Crippen LogP contribution < -0.4 is 0 Å². The summed E-state index contributed by atoms with van der Waals surface area (Å²) in [6.07, 6.45) is 12.2. The molecule has 0 amide bonds. The molecular formula is C30H53O8P. The fourth-order valence-corrected chi connectivity index (χ4v) is 4.99. The van der Waals surface area contributed by atoms with E-state index in [4.69, 9.17) is 13.8 Å². The van der Waals surface area contributed by atoms with E-state index in [1.54, 1.807) is 0 Å². The second-order valence-corrected chi connectivity index (χ2v) is 12.6. The minimum absolute atomic E-state index is 0.0138. The van der Waals surface area contributed by atoms with E-state index < -0.39 is 32.4 Å². The van der Waals surface area contributed by atoms with Gasteiger partial charge in [-0.05, 0) is 98.3 Å². The third-order valence-corrected chi connectivity index (χ3v) is 7.85. The second kappa shape index (κ2) is 19.1. The molecular weight excluding hydrogens is 519 g/mol. The van der Waals surface area contributed by atoms with E-state index >= 15 is 0 Å². The van der Waals surface area contributed by atoms with Crippen molar-refractivity contribution in [3.05, 3.63) is 46.6 Å². The van der Waals surface area contributed by atoms with Crippen LogP contribution in [-0.4, -0.2) is 58.0 Å². The molecule has 0 aliphatic carbocycles. The van der Waals surface area contributed by atoms with Crippen molar-refractivity contribution in [1.29, 1.82) is 0 Å². The molecule has 9 heteroatoms. The second-order valence-electron chi connectivity index (χ2n) is 11.2.